The van der Waals surface area contributed by atoms with E-state index in [0.29, 0.717) is 11.4 Å². The summed E-state index contributed by atoms with van der Waals surface area (Å²) in [5.74, 6) is -0.291. The van der Waals surface area contributed by atoms with Crippen LogP contribution in [0.5, 0.6) is 0 Å². The van der Waals surface area contributed by atoms with Gasteiger partial charge < -0.3 is 16.0 Å². The van der Waals surface area contributed by atoms with Crippen LogP contribution in [-0.4, -0.2) is 61.8 Å². The number of nitrogens with one attached hydrogen (secondary N) is 1. The molecule has 2 aromatic rings. The van der Waals surface area contributed by atoms with Gasteiger partial charge in [0.2, 0.25) is 15.9 Å². The fraction of sp³-hybridized carbons (Fsp3) is 0.300. The van der Waals surface area contributed by atoms with Crippen LogP contribution in [0, 0.1) is 0 Å². The van der Waals surface area contributed by atoms with E-state index in [4.69, 9.17) is 17.3 Å². The predicted octanol–water partition coefficient (Wildman–Crippen LogP) is 1.45. The Hall–Kier alpha value is -2.62. The number of nitrogens with zero attached hydrogens (tertiary/aromatic N) is 2. The molecule has 160 valence electrons. The number of hydrogen-bond acceptors (Lipinski definition) is 4. The van der Waals surface area contributed by atoms with Crippen LogP contribution in [0.3, 0.4) is 0 Å². The summed E-state index contributed by atoms with van der Waals surface area (Å²) in [7, 11) is -3.67. The van der Waals surface area contributed by atoms with Crippen molar-refractivity contribution in [1.29, 1.82) is 0 Å². The second-order valence-electron chi connectivity index (χ2n) is 6.93. The third-order valence-corrected chi connectivity index (χ3v) is 7.06. The molecule has 1 aliphatic heterocycles. The van der Waals surface area contributed by atoms with Crippen molar-refractivity contribution in [3.05, 3.63) is 65.2 Å². The highest BCUT2D eigenvalue weighted by molar-refractivity contribution is 7.89. The van der Waals surface area contributed by atoms with E-state index in [-0.39, 0.29) is 37.0 Å². The lowest BCUT2D eigenvalue weighted by Crippen LogP contribution is -2.56. The monoisotopic (exact) mass is 450 g/mol. The standard InChI is InChI=1S/C20H23ClN4O4S/c21-16-6-8-17(9-7-16)30(28,29)25-12-10-24(11-13-25)19(26)18(23-20(22)27)14-15-4-2-1-3-5-15/h1-9,18H,10-14H2,(H3,22,23,27)/t18-/m0/s1. The van der Waals surface area contributed by atoms with Gasteiger partial charge in [-0.05, 0) is 29.8 Å². The number of amides is 3. The van der Waals surface area contributed by atoms with Crippen molar-refractivity contribution in [1.82, 2.24) is 14.5 Å². The molecule has 1 fully saturated rings. The Morgan fingerprint density at radius 2 is 1.60 bits per heavy atom. The minimum absolute atomic E-state index is 0.157. The van der Waals surface area contributed by atoms with Gasteiger partial charge in [-0.25, -0.2) is 13.2 Å². The van der Waals surface area contributed by atoms with Crippen molar-refractivity contribution in [2.75, 3.05) is 26.2 Å². The normalized spacial score (nSPS) is 16.1. The van der Waals surface area contributed by atoms with E-state index in [0.717, 1.165) is 5.56 Å². The highest BCUT2D eigenvalue weighted by atomic mass is 35.5. The van der Waals surface area contributed by atoms with Crippen molar-refractivity contribution in [3.63, 3.8) is 0 Å². The fourth-order valence-electron chi connectivity index (χ4n) is 3.35. The van der Waals surface area contributed by atoms with E-state index in [2.05, 4.69) is 5.32 Å². The number of rotatable bonds is 6. The van der Waals surface area contributed by atoms with Gasteiger partial charge in [0.1, 0.15) is 6.04 Å². The molecule has 0 bridgehead atoms. The van der Waals surface area contributed by atoms with Crippen molar-refractivity contribution in [2.45, 2.75) is 17.4 Å². The lowest BCUT2D eigenvalue weighted by atomic mass is 10.0. The van der Waals surface area contributed by atoms with Gasteiger partial charge in [-0.2, -0.15) is 4.31 Å². The lowest BCUT2D eigenvalue weighted by molar-refractivity contribution is -0.134. The van der Waals surface area contributed by atoms with Gasteiger partial charge in [-0.1, -0.05) is 41.9 Å². The molecule has 3 rings (SSSR count). The maximum Gasteiger partial charge on any atom is 0.312 e. The molecule has 0 radical (unpaired) electrons. The minimum atomic E-state index is -3.67. The summed E-state index contributed by atoms with van der Waals surface area (Å²) in [6, 6.07) is 13.7. The second-order valence-corrected chi connectivity index (χ2v) is 9.31. The number of nitrogens with two attached hydrogens (primary N) is 1. The zero-order valence-electron chi connectivity index (χ0n) is 16.2. The number of piperazine rings is 1. The van der Waals surface area contributed by atoms with Crippen LogP contribution in [0.4, 0.5) is 4.79 Å². The van der Waals surface area contributed by atoms with Crippen LogP contribution < -0.4 is 11.1 Å². The first kappa shape index (κ1) is 22.1. The molecule has 1 saturated heterocycles. The summed E-state index contributed by atoms with van der Waals surface area (Å²) >= 11 is 5.83. The van der Waals surface area contributed by atoms with Gasteiger partial charge in [-0.3, -0.25) is 4.79 Å². The minimum Gasteiger partial charge on any atom is -0.352 e. The van der Waals surface area contributed by atoms with E-state index in [9.17, 15) is 18.0 Å². The molecule has 0 aliphatic carbocycles. The Balaban J connectivity index is 1.66. The van der Waals surface area contributed by atoms with Gasteiger partial charge in [0.25, 0.3) is 0 Å². The molecule has 0 saturated carbocycles. The maximum atomic E-state index is 13.0. The SMILES string of the molecule is NC(=O)N[C@@H](Cc1ccccc1)C(=O)N1CCN(S(=O)(=O)c2ccc(Cl)cc2)CC1. The number of hydrogen-bond donors (Lipinski definition) is 2. The van der Waals surface area contributed by atoms with E-state index >= 15 is 0 Å². The van der Waals surface area contributed by atoms with Crippen LogP contribution in [-0.2, 0) is 21.2 Å². The zero-order chi connectivity index (χ0) is 21.7. The number of carbonyl (C=O) groups is 2. The van der Waals surface area contributed by atoms with Gasteiger partial charge in [0.15, 0.2) is 0 Å². The van der Waals surface area contributed by atoms with Crippen molar-refractivity contribution in [3.8, 4) is 0 Å². The average Bonchev–Trinajstić information content (AvgIpc) is 2.73. The molecule has 1 heterocycles. The summed E-state index contributed by atoms with van der Waals surface area (Å²) in [5, 5.41) is 2.96. The Bertz CT molecular complexity index is 991. The smallest absolute Gasteiger partial charge is 0.312 e. The maximum absolute atomic E-state index is 13.0. The van der Waals surface area contributed by atoms with Crippen molar-refractivity contribution < 1.29 is 18.0 Å². The summed E-state index contributed by atoms with van der Waals surface area (Å²) in [4.78, 5) is 26.1. The first-order valence-corrected chi connectivity index (χ1v) is 11.2. The zero-order valence-corrected chi connectivity index (χ0v) is 17.8. The van der Waals surface area contributed by atoms with E-state index in [1.165, 1.54) is 28.6 Å². The highest BCUT2D eigenvalue weighted by Gasteiger charge is 2.33. The first-order valence-electron chi connectivity index (χ1n) is 9.42. The van der Waals surface area contributed by atoms with Crippen LogP contribution in [0.25, 0.3) is 0 Å². The molecule has 0 aromatic heterocycles. The first-order chi connectivity index (χ1) is 14.3. The third-order valence-electron chi connectivity index (χ3n) is 4.90. The predicted molar refractivity (Wildman–Crippen MR) is 113 cm³/mol. The molecular weight excluding hydrogens is 428 g/mol. The van der Waals surface area contributed by atoms with Gasteiger partial charge in [0, 0.05) is 37.6 Å². The Labute approximate surface area is 180 Å². The largest absolute Gasteiger partial charge is 0.352 e. The highest BCUT2D eigenvalue weighted by Crippen LogP contribution is 2.20. The number of urea groups is 1. The van der Waals surface area contributed by atoms with Crippen LogP contribution in [0.1, 0.15) is 5.56 Å². The molecule has 3 amide bonds. The second kappa shape index (κ2) is 9.46. The molecular formula is C20H23ClN4O4S. The number of benzene rings is 2. The Morgan fingerprint density at radius 3 is 2.17 bits per heavy atom. The summed E-state index contributed by atoms with van der Waals surface area (Å²) < 4.78 is 26.9. The quantitative estimate of drug-likeness (QED) is 0.693. The van der Waals surface area contributed by atoms with Crippen molar-refractivity contribution in [2.24, 2.45) is 5.73 Å². The summed E-state index contributed by atoms with van der Waals surface area (Å²) in [6.07, 6.45) is 0.298. The third kappa shape index (κ3) is 5.29. The fourth-order valence-corrected chi connectivity index (χ4v) is 4.89. The van der Waals surface area contributed by atoms with E-state index in [1.54, 1.807) is 4.90 Å². The molecule has 8 nitrogen and oxygen atoms in total. The molecule has 0 unspecified atom stereocenters. The molecule has 10 heteroatoms. The Morgan fingerprint density at radius 1 is 1.00 bits per heavy atom. The average molecular weight is 451 g/mol. The van der Waals surface area contributed by atoms with Crippen LogP contribution in [0.15, 0.2) is 59.5 Å². The van der Waals surface area contributed by atoms with Crippen LogP contribution in [0.2, 0.25) is 5.02 Å². The summed E-state index contributed by atoms with van der Waals surface area (Å²) in [6.45, 7) is 0.755. The topological polar surface area (TPSA) is 113 Å². The molecule has 0 spiro atoms. The van der Waals surface area contributed by atoms with E-state index < -0.39 is 22.1 Å². The van der Waals surface area contributed by atoms with Gasteiger partial charge in [-0.15, -0.1) is 0 Å². The summed E-state index contributed by atoms with van der Waals surface area (Å²) in [5.41, 5.74) is 6.13. The number of sulfonamides is 1. The number of halogens is 1. The number of primary amides is 1. The van der Waals surface area contributed by atoms with E-state index in [1.807, 2.05) is 30.3 Å². The van der Waals surface area contributed by atoms with Gasteiger partial charge in [0.05, 0.1) is 4.90 Å². The van der Waals surface area contributed by atoms with Crippen molar-refractivity contribution >= 4 is 33.6 Å². The molecule has 30 heavy (non-hydrogen) atoms. The number of carbonyl (C=O) groups excluding carboxylic acids is 2. The lowest BCUT2D eigenvalue weighted by Gasteiger charge is -2.35. The molecule has 3 N–H and O–H groups in total. The molecule has 1 atom stereocenters. The molecule has 2 aromatic carbocycles. The van der Waals surface area contributed by atoms with Crippen LogP contribution >= 0.6 is 11.6 Å². The van der Waals surface area contributed by atoms with Gasteiger partial charge >= 0.3 is 6.03 Å². The molecule has 1 aliphatic rings. The Kier molecular flexibility index (Phi) is 6.96.